The average Bonchev–Trinajstić information content (AvgIpc) is 3.51. The molecule has 1 saturated carbocycles. The van der Waals surface area contributed by atoms with Crippen LogP contribution in [0, 0.1) is 5.82 Å². The highest BCUT2D eigenvalue weighted by Gasteiger charge is 2.25. The number of nitrogen functional groups attached to an aromatic ring is 1. The van der Waals surface area contributed by atoms with Crippen LogP contribution < -0.4 is 16.5 Å². The van der Waals surface area contributed by atoms with Crippen LogP contribution in [0.15, 0.2) is 53.7 Å². The molecule has 0 spiro atoms. The monoisotopic (exact) mass is 440 g/mol. The standard InChI is InChI=1S/C21H21FN6O2S/c22-16-7-3-1-5-13(16)11-18-26-27-21(28(18)23)31-12-19(29)25-17-8-4-2-6-15(17)20(30)24-14-9-10-14/h1-8,14H,9-12,23H2,(H,24,30)(H,25,29). The van der Waals surface area contributed by atoms with E-state index in [1.807, 2.05) is 0 Å². The number of hydrogen-bond donors (Lipinski definition) is 3. The number of aromatic nitrogens is 3. The number of halogens is 1. The smallest absolute Gasteiger partial charge is 0.253 e. The van der Waals surface area contributed by atoms with Crippen molar-refractivity contribution >= 4 is 29.3 Å². The first-order valence-corrected chi connectivity index (χ1v) is 10.7. The summed E-state index contributed by atoms with van der Waals surface area (Å²) in [6.45, 7) is 0. The summed E-state index contributed by atoms with van der Waals surface area (Å²) in [5.41, 5.74) is 1.32. The molecule has 2 aromatic carbocycles. The molecule has 1 heterocycles. The Balaban J connectivity index is 1.36. The van der Waals surface area contributed by atoms with Crippen molar-refractivity contribution in [1.82, 2.24) is 20.2 Å². The molecule has 160 valence electrons. The Kier molecular flexibility index (Phi) is 6.17. The minimum Gasteiger partial charge on any atom is -0.349 e. The Morgan fingerprint density at radius 3 is 2.65 bits per heavy atom. The third kappa shape index (κ3) is 5.21. The molecular weight excluding hydrogens is 419 g/mol. The lowest BCUT2D eigenvalue weighted by Gasteiger charge is -2.11. The first kappa shape index (κ1) is 20.9. The molecular formula is C21H21FN6O2S. The zero-order valence-corrected chi connectivity index (χ0v) is 17.4. The normalized spacial score (nSPS) is 13.1. The molecule has 4 rings (SSSR count). The number of thioether (sulfide) groups is 1. The molecule has 0 unspecified atom stereocenters. The molecule has 8 nitrogen and oxygen atoms in total. The number of nitrogens with two attached hydrogens (primary N) is 1. The highest BCUT2D eigenvalue weighted by molar-refractivity contribution is 7.99. The van der Waals surface area contributed by atoms with Crippen LogP contribution in [0.1, 0.15) is 34.6 Å². The predicted molar refractivity (Wildman–Crippen MR) is 116 cm³/mol. The van der Waals surface area contributed by atoms with Gasteiger partial charge in [0.2, 0.25) is 11.1 Å². The van der Waals surface area contributed by atoms with Crippen molar-refractivity contribution in [3.63, 3.8) is 0 Å². The molecule has 31 heavy (non-hydrogen) atoms. The summed E-state index contributed by atoms with van der Waals surface area (Å²) in [4.78, 5) is 24.8. The van der Waals surface area contributed by atoms with Gasteiger partial charge in [0.1, 0.15) is 5.82 Å². The molecule has 3 aromatic rings. The summed E-state index contributed by atoms with van der Waals surface area (Å²) < 4.78 is 15.1. The van der Waals surface area contributed by atoms with E-state index in [-0.39, 0.29) is 35.8 Å². The summed E-state index contributed by atoms with van der Waals surface area (Å²) in [6.07, 6.45) is 2.15. The molecule has 4 N–H and O–H groups in total. The second-order valence-electron chi connectivity index (χ2n) is 7.17. The number of carbonyl (C=O) groups is 2. The number of rotatable bonds is 8. The first-order chi connectivity index (χ1) is 15.0. The molecule has 0 aliphatic heterocycles. The van der Waals surface area contributed by atoms with E-state index in [0.717, 1.165) is 24.6 Å². The summed E-state index contributed by atoms with van der Waals surface area (Å²) in [5.74, 6) is 5.57. The molecule has 1 fully saturated rings. The zero-order valence-electron chi connectivity index (χ0n) is 16.5. The third-order valence-electron chi connectivity index (χ3n) is 4.73. The minimum atomic E-state index is -0.344. The number of hydrogen-bond acceptors (Lipinski definition) is 6. The summed E-state index contributed by atoms with van der Waals surface area (Å²) in [6, 6.07) is 13.5. The Hall–Kier alpha value is -3.40. The second-order valence-corrected chi connectivity index (χ2v) is 8.11. The quantitative estimate of drug-likeness (QED) is 0.366. The van der Waals surface area contributed by atoms with Gasteiger partial charge in [-0.1, -0.05) is 42.1 Å². The van der Waals surface area contributed by atoms with Crippen LogP contribution in [-0.2, 0) is 11.2 Å². The fourth-order valence-electron chi connectivity index (χ4n) is 2.94. The molecule has 1 aliphatic rings. The lowest BCUT2D eigenvalue weighted by atomic mass is 10.1. The van der Waals surface area contributed by atoms with Crippen LogP contribution in [0.5, 0.6) is 0 Å². The topological polar surface area (TPSA) is 115 Å². The van der Waals surface area contributed by atoms with Gasteiger partial charge in [-0.3, -0.25) is 9.59 Å². The Bertz CT molecular complexity index is 1110. The minimum absolute atomic E-state index is 0.0214. The third-order valence-corrected chi connectivity index (χ3v) is 5.68. The van der Waals surface area contributed by atoms with Crippen LogP contribution in [-0.4, -0.2) is 38.5 Å². The van der Waals surface area contributed by atoms with Gasteiger partial charge in [0.15, 0.2) is 5.82 Å². The van der Waals surface area contributed by atoms with Crippen molar-refractivity contribution in [3.8, 4) is 0 Å². The number of nitrogens with one attached hydrogen (secondary N) is 2. The number of benzene rings is 2. The lowest BCUT2D eigenvalue weighted by molar-refractivity contribution is -0.113. The van der Waals surface area contributed by atoms with E-state index in [4.69, 9.17) is 5.84 Å². The Morgan fingerprint density at radius 2 is 1.87 bits per heavy atom. The fourth-order valence-corrected chi connectivity index (χ4v) is 3.61. The number of anilines is 1. The van der Waals surface area contributed by atoms with E-state index in [1.54, 1.807) is 42.5 Å². The van der Waals surface area contributed by atoms with Gasteiger partial charge >= 0.3 is 0 Å². The van der Waals surface area contributed by atoms with Crippen molar-refractivity contribution in [2.45, 2.75) is 30.5 Å². The van der Waals surface area contributed by atoms with E-state index in [2.05, 4.69) is 20.8 Å². The largest absolute Gasteiger partial charge is 0.349 e. The highest BCUT2D eigenvalue weighted by atomic mass is 32.2. The van der Waals surface area contributed by atoms with Gasteiger partial charge in [-0.15, -0.1) is 10.2 Å². The highest BCUT2D eigenvalue weighted by Crippen LogP contribution is 2.22. The summed E-state index contributed by atoms with van der Waals surface area (Å²) in [5, 5.41) is 14.0. The van der Waals surface area contributed by atoms with Crippen molar-refractivity contribution in [1.29, 1.82) is 0 Å². The maximum atomic E-state index is 13.9. The van der Waals surface area contributed by atoms with Gasteiger partial charge < -0.3 is 16.5 Å². The molecule has 0 bridgehead atoms. The van der Waals surface area contributed by atoms with Gasteiger partial charge in [-0.2, -0.15) is 0 Å². The number of nitrogens with zero attached hydrogens (tertiary/aromatic N) is 3. The van der Waals surface area contributed by atoms with Gasteiger partial charge in [0.25, 0.3) is 5.91 Å². The maximum absolute atomic E-state index is 13.9. The summed E-state index contributed by atoms with van der Waals surface area (Å²) in [7, 11) is 0. The van der Waals surface area contributed by atoms with Crippen LogP contribution in [0.25, 0.3) is 0 Å². The van der Waals surface area contributed by atoms with Crippen LogP contribution >= 0.6 is 11.8 Å². The van der Waals surface area contributed by atoms with Gasteiger partial charge in [-0.05, 0) is 36.6 Å². The van der Waals surface area contributed by atoms with Crippen LogP contribution in [0.2, 0.25) is 0 Å². The first-order valence-electron chi connectivity index (χ1n) is 9.76. The maximum Gasteiger partial charge on any atom is 0.253 e. The molecule has 1 aliphatic carbocycles. The second kappa shape index (κ2) is 9.17. The molecule has 1 aromatic heterocycles. The number of para-hydroxylation sites is 1. The van der Waals surface area contributed by atoms with Crippen LogP contribution in [0.3, 0.4) is 0 Å². The SMILES string of the molecule is Nn1c(Cc2ccccc2F)nnc1SCC(=O)Nc1ccccc1C(=O)NC1CC1. The molecule has 2 amide bonds. The van der Waals surface area contributed by atoms with E-state index in [0.29, 0.717) is 27.8 Å². The number of amides is 2. The van der Waals surface area contributed by atoms with E-state index in [9.17, 15) is 14.0 Å². The van der Waals surface area contributed by atoms with E-state index < -0.39 is 0 Å². The molecule has 10 heteroatoms. The van der Waals surface area contributed by atoms with Crippen molar-refractivity contribution in [2.75, 3.05) is 16.9 Å². The fraction of sp³-hybridized carbons (Fsp3) is 0.238. The zero-order chi connectivity index (χ0) is 21.8. The molecule has 0 radical (unpaired) electrons. The van der Waals surface area contributed by atoms with Gasteiger partial charge in [-0.25, -0.2) is 9.07 Å². The van der Waals surface area contributed by atoms with Crippen LogP contribution in [0.4, 0.5) is 10.1 Å². The van der Waals surface area contributed by atoms with Crippen molar-refractivity contribution < 1.29 is 14.0 Å². The van der Waals surface area contributed by atoms with Crippen molar-refractivity contribution in [2.24, 2.45) is 0 Å². The van der Waals surface area contributed by atoms with E-state index in [1.165, 1.54) is 10.7 Å². The molecule has 0 saturated heterocycles. The Labute approximate surface area is 182 Å². The van der Waals surface area contributed by atoms with Gasteiger partial charge in [0.05, 0.1) is 17.0 Å². The molecule has 0 atom stereocenters. The lowest BCUT2D eigenvalue weighted by Crippen LogP contribution is -2.27. The summed E-state index contributed by atoms with van der Waals surface area (Å²) >= 11 is 1.10. The predicted octanol–water partition coefficient (Wildman–Crippen LogP) is 2.34. The Morgan fingerprint density at radius 1 is 1.13 bits per heavy atom. The van der Waals surface area contributed by atoms with Gasteiger partial charge in [0, 0.05) is 12.5 Å². The van der Waals surface area contributed by atoms with Crippen molar-refractivity contribution in [3.05, 3.63) is 71.3 Å². The number of carbonyl (C=O) groups excluding carboxylic acids is 2. The average molecular weight is 441 g/mol. The van der Waals surface area contributed by atoms with E-state index >= 15 is 0 Å².